The zero-order valence-corrected chi connectivity index (χ0v) is 10.4. The van der Waals surface area contributed by atoms with Crippen LogP contribution in [0.1, 0.15) is 42.6 Å². The fourth-order valence-electron chi connectivity index (χ4n) is 2.32. The van der Waals surface area contributed by atoms with E-state index in [2.05, 4.69) is 5.10 Å². The topological polar surface area (TPSA) is 64.2 Å². The van der Waals surface area contributed by atoms with Gasteiger partial charge in [0.2, 0.25) is 0 Å². The highest BCUT2D eigenvalue weighted by atomic mass is 16.2. The maximum atomic E-state index is 12.4. The minimum absolute atomic E-state index is 0.0180. The van der Waals surface area contributed by atoms with Crippen molar-refractivity contribution in [2.24, 2.45) is 7.05 Å². The molecular formula is C12H20N4O. The maximum Gasteiger partial charge on any atom is 0.274 e. The third kappa shape index (κ3) is 2.60. The van der Waals surface area contributed by atoms with E-state index in [4.69, 9.17) is 5.73 Å². The summed E-state index contributed by atoms with van der Waals surface area (Å²) in [6.07, 6.45) is 7.43. The number of aryl methyl sites for hydroxylation is 1. The number of anilines is 1. The van der Waals surface area contributed by atoms with Gasteiger partial charge in [-0.2, -0.15) is 5.10 Å². The molecule has 0 atom stereocenters. The summed E-state index contributed by atoms with van der Waals surface area (Å²) in [7, 11) is 1.76. The molecule has 94 valence electrons. The van der Waals surface area contributed by atoms with Crippen molar-refractivity contribution >= 4 is 11.6 Å². The van der Waals surface area contributed by atoms with Gasteiger partial charge in [0.05, 0.1) is 11.9 Å². The molecule has 5 nitrogen and oxygen atoms in total. The van der Waals surface area contributed by atoms with E-state index in [0.29, 0.717) is 11.4 Å². The Morgan fingerprint density at radius 1 is 1.24 bits per heavy atom. The Bertz CT molecular complexity index is 372. The van der Waals surface area contributed by atoms with Crippen molar-refractivity contribution in [1.29, 1.82) is 0 Å². The number of hydrogen-bond acceptors (Lipinski definition) is 3. The first kappa shape index (κ1) is 12.0. The monoisotopic (exact) mass is 236 g/mol. The van der Waals surface area contributed by atoms with Gasteiger partial charge in [0, 0.05) is 20.1 Å². The Morgan fingerprint density at radius 3 is 2.35 bits per heavy atom. The van der Waals surface area contributed by atoms with Gasteiger partial charge in [-0.25, -0.2) is 0 Å². The Balaban J connectivity index is 2.12. The summed E-state index contributed by atoms with van der Waals surface area (Å²) in [6, 6.07) is 0. The Kier molecular flexibility index (Phi) is 3.66. The molecule has 1 amide bonds. The molecule has 1 aromatic heterocycles. The van der Waals surface area contributed by atoms with E-state index in [1.807, 2.05) is 4.90 Å². The molecule has 0 bridgehead atoms. The number of hydrogen-bond donors (Lipinski definition) is 1. The normalized spacial score (nSPS) is 17.6. The molecule has 1 aliphatic heterocycles. The molecule has 2 rings (SSSR count). The number of nitrogen functional groups attached to an aromatic ring is 1. The van der Waals surface area contributed by atoms with Gasteiger partial charge in [0.15, 0.2) is 0 Å². The van der Waals surface area contributed by atoms with Gasteiger partial charge in [0.1, 0.15) is 5.69 Å². The molecule has 1 aliphatic rings. The summed E-state index contributed by atoms with van der Waals surface area (Å²) < 4.78 is 1.57. The van der Waals surface area contributed by atoms with Crippen molar-refractivity contribution in [1.82, 2.24) is 14.7 Å². The lowest BCUT2D eigenvalue weighted by Gasteiger charge is -2.24. The summed E-state index contributed by atoms with van der Waals surface area (Å²) >= 11 is 0. The summed E-state index contributed by atoms with van der Waals surface area (Å²) in [5.74, 6) is 0.0180. The van der Waals surface area contributed by atoms with Crippen molar-refractivity contribution in [3.05, 3.63) is 11.9 Å². The summed E-state index contributed by atoms with van der Waals surface area (Å²) in [4.78, 5) is 14.3. The number of likely N-dealkylation sites (tertiary alicyclic amines) is 1. The zero-order valence-electron chi connectivity index (χ0n) is 10.4. The molecule has 2 N–H and O–H groups in total. The third-order valence-corrected chi connectivity index (χ3v) is 3.31. The van der Waals surface area contributed by atoms with Crippen LogP contribution in [0.3, 0.4) is 0 Å². The van der Waals surface area contributed by atoms with Crippen LogP contribution in [0.25, 0.3) is 0 Å². The van der Waals surface area contributed by atoms with Gasteiger partial charge in [0.25, 0.3) is 5.91 Å². The second-order valence-electron chi connectivity index (χ2n) is 4.63. The van der Waals surface area contributed by atoms with Crippen LogP contribution < -0.4 is 5.73 Å². The standard InChI is InChI=1S/C12H20N4O/c1-15-11(10(13)9-14-15)12(17)16-7-5-3-2-4-6-8-16/h9H,2-8,13H2,1H3. The Morgan fingerprint density at radius 2 is 1.82 bits per heavy atom. The predicted octanol–water partition coefficient (Wildman–Crippen LogP) is 1.41. The molecule has 1 saturated heterocycles. The van der Waals surface area contributed by atoms with Crippen molar-refractivity contribution < 1.29 is 4.79 Å². The van der Waals surface area contributed by atoms with E-state index < -0.39 is 0 Å². The minimum Gasteiger partial charge on any atom is -0.396 e. The average Bonchev–Trinajstić information content (AvgIpc) is 2.57. The molecular weight excluding hydrogens is 216 g/mol. The highest BCUT2D eigenvalue weighted by molar-refractivity contribution is 5.97. The number of carbonyl (C=O) groups excluding carboxylic acids is 1. The van der Waals surface area contributed by atoms with Crippen LogP contribution in [0.4, 0.5) is 5.69 Å². The molecule has 0 unspecified atom stereocenters. The fraction of sp³-hybridized carbons (Fsp3) is 0.667. The molecule has 0 aliphatic carbocycles. The second-order valence-corrected chi connectivity index (χ2v) is 4.63. The van der Waals surface area contributed by atoms with Gasteiger partial charge in [-0.1, -0.05) is 19.3 Å². The summed E-state index contributed by atoms with van der Waals surface area (Å²) in [5.41, 5.74) is 6.78. The quantitative estimate of drug-likeness (QED) is 0.801. The van der Waals surface area contributed by atoms with Crippen molar-refractivity contribution in [3.63, 3.8) is 0 Å². The molecule has 1 aromatic rings. The molecule has 0 radical (unpaired) electrons. The van der Waals surface area contributed by atoms with Crippen LogP contribution in [0.15, 0.2) is 6.20 Å². The van der Waals surface area contributed by atoms with E-state index in [1.54, 1.807) is 11.7 Å². The predicted molar refractivity (Wildman–Crippen MR) is 66.6 cm³/mol. The number of nitrogens with two attached hydrogens (primary N) is 1. The molecule has 2 heterocycles. The first-order valence-electron chi connectivity index (χ1n) is 6.27. The van der Waals surface area contributed by atoms with E-state index in [-0.39, 0.29) is 5.91 Å². The first-order valence-corrected chi connectivity index (χ1v) is 6.27. The third-order valence-electron chi connectivity index (χ3n) is 3.31. The zero-order chi connectivity index (χ0) is 12.3. The van der Waals surface area contributed by atoms with Crippen molar-refractivity contribution in [3.8, 4) is 0 Å². The number of rotatable bonds is 1. The van der Waals surface area contributed by atoms with E-state index in [1.165, 1.54) is 25.5 Å². The number of nitrogens with zero attached hydrogens (tertiary/aromatic N) is 3. The van der Waals surface area contributed by atoms with Crippen molar-refractivity contribution in [2.75, 3.05) is 18.8 Å². The molecule has 0 saturated carbocycles. The van der Waals surface area contributed by atoms with Crippen LogP contribution >= 0.6 is 0 Å². The average molecular weight is 236 g/mol. The largest absolute Gasteiger partial charge is 0.396 e. The number of carbonyl (C=O) groups is 1. The molecule has 5 heteroatoms. The van der Waals surface area contributed by atoms with Crippen LogP contribution in [0.5, 0.6) is 0 Å². The first-order chi connectivity index (χ1) is 8.20. The van der Waals surface area contributed by atoms with E-state index in [0.717, 1.165) is 25.9 Å². The second kappa shape index (κ2) is 5.21. The Hall–Kier alpha value is -1.52. The van der Waals surface area contributed by atoms with Gasteiger partial charge >= 0.3 is 0 Å². The number of amides is 1. The lowest BCUT2D eigenvalue weighted by atomic mass is 10.1. The molecule has 1 fully saturated rings. The molecule has 17 heavy (non-hydrogen) atoms. The van der Waals surface area contributed by atoms with Gasteiger partial charge < -0.3 is 10.6 Å². The van der Waals surface area contributed by atoms with Crippen LogP contribution in [-0.4, -0.2) is 33.7 Å². The van der Waals surface area contributed by atoms with Crippen molar-refractivity contribution in [2.45, 2.75) is 32.1 Å². The smallest absolute Gasteiger partial charge is 0.274 e. The van der Waals surface area contributed by atoms with Gasteiger partial charge in [-0.3, -0.25) is 9.48 Å². The van der Waals surface area contributed by atoms with Crippen LogP contribution in [0.2, 0.25) is 0 Å². The van der Waals surface area contributed by atoms with Gasteiger partial charge in [-0.15, -0.1) is 0 Å². The highest BCUT2D eigenvalue weighted by Gasteiger charge is 2.21. The lowest BCUT2D eigenvalue weighted by Crippen LogP contribution is -2.35. The maximum absolute atomic E-state index is 12.4. The van der Waals surface area contributed by atoms with Crippen LogP contribution in [-0.2, 0) is 7.05 Å². The van der Waals surface area contributed by atoms with E-state index >= 15 is 0 Å². The van der Waals surface area contributed by atoms with Gasteiger partial charge in [-0.05, 0) is 12.8 Å². The Labute approximate surface area is 102 Å². The summed E-state index contributed by atoms with van der Waals surface area (Å²) in [6.45, 7) is 1.67. The van der Waals surface area contributed by atoms with E-state index in [9.17, 15) is 4.79 Å². The minimum atomic E-state index is 0.0180. The molecule has 0 spiro atoms. The SMILES string of the molecule is Cn1ncc(N)c1C(=O)N1CCCCCCC1. The fourth-order valence-corrected chi connectivity index (χ4v) is 2.32. The molecule has 0 aromatic carbocycles. The summed E-state index contributed by atoms with van der Waals surface area (Å²) in [5, 5.41) is 4.02. The highest BCUT2D eigenvalue weighted by Crippen LogP contribution is 2.16. The number of aromatic nitrogens is 2. The lowest BCUT2D eigenvalue weighted by molar-refractivity contribution is 0.0732. The van der Waals surface area contributed by atoms with Crippen LogP contribution in [0, 0.1) is 0 Å².